The summed E-state index contributed by atoms with van der Waals surface area (Å²) >= 11 is 0. The van der Waals surface area contributed by atoms with Gasteiger partial charge in [-0.15, -0.1) is 0 Å². The van der Waals surface area contributed by atoms with Crippen molar-refractivity contribution in [2.75, 3.05) is 26.9 Å². The number of carbonyl (C=O) groups excluding carboxylic acids is 1. The lowest BCUT2D eigenvalue weighted by Gasteiger charge is -2.22. The molecule has 7 heteroatoms. The summed E-state index contributed by atoms with van der Waals surface area (Å²) in [5, 5.41) is 9.22. The fourth-order valence-electron chi connectivity index (χ4n) is 4.40. The minimum atomic E-state index is -0.812. The van der Waals surface area contributed by atoms with Crippen LogP contribution >= 0.6 is 0 Å². The van der Waals surface area contributed by atoms with Gasteiger partial charge in [-0.2, -0.15) is 0 Å². The molecule has 198 valence electrons. The Morgan fingerprint density at radius 3 is 2.57 bits per heavy atom. The quantitative estimate of drug-likeness (QED) is 0.220. The molecule has 0 aromatic heterocycles. The number of methoxy groups -OCH3 is 1. The summed E-state index contributed by atoms with van der Waals surface area (Å²) in [6.07, 6.45) is 10.3. The van der Waals surface area contributed by atoms with Crippen LogP contribution in [0.3, 0.4) is 0 Å². The van der Waals surface area contributed by atoms with Crippen molar-refractivity contribution in [3.8, 4) is 5.75 Å². The molecule has 1 heterocycles. The monoisotopic (exact) mass is 492 g/mol. The molecule has 1 atom stereocenters. The summed E-state index contributed by atoms with van der Waals surface area (Å²) in [5.41, 5.74) is 1.59. The Hall–Kier alpha value is -2.12. The molecule has 0 spiro atoms. The van der Waals surface area contributed by atoms with Crippen LogP contribution in [-0.4, -0.2) is 50.3 Å². The number of aliphatic carboxylic acids is 1. The molecule has 1 saturated heterocycles. The second-order valence-corrected chi connectivity index (χ2v) is 9.95. The molecule has 1 aliphatic rings. The molecule has 1 N–H and O–H groups in total. The number of ether oxygens (including phenoxy) is 4. The number of rotatable bonds is 17. The Morgan fingerprint density at radius 1 is 1.06 bits per heavy atom. The zero-order chi connectivity index (χ0) is 25.5. The van der Waals surface area contributed by atoms with E-state index in [4.69, 9.17) is 18.9 Å². The van der Waals surface area contributed by atoms with Gasteiger partial charge in [-0.1, -0.05) is 25.0 Å². The number of hydrogen-bond donors (Lipinski definition) is 1. The van der Waals surface area contributed by atoms with Crippen LogP contribution in [0.15, 0.2) is 18.2 Å². The highest BCUT2D eigenvalue weighted by molar-refractivity contribution is 5.75. The third-order valence-corrected chi connectivity index (χ3v) is 6.54. The molecule has 0 saturated carbocycles. The summed E-state index contributed by atoms with van der Waals surface area (Å²) in [7, 11) is 1.40. The van der Waals surface area contributed by atoms with Crippen LogP contribution in [0.5, 0.6) is 5.75 Å². The molecule has 35 heavy (non-hydrogen) atoms. The lowest BCUT2D eigenvalue weighted by Crippen LogP contribution is -2.26. The largest absolute Gasteiger partial charge is 0.493 e. The molecule has 1 aromatic rings. The van der Waals surface area contributed by atoms with Gasteiger partial charge in [0.1, 0.15) is 5.75 Å². The fraction of sp³-hybridized carbons (Fsp3) is 0.714. The first-order valence-electron chi connectivity index (χ1n) is 13.1. The zero-order valence-electron chi connectivity index (χ0n) is 21.8. The molecule has 1 fully saturated rings. The van der Waals surface area contributed by atoms with E-state index in [1.807, 2.05) is 26.0 Å². The van der Waals surface area contributed by atoms with Crippen LogP contribution in [0.1, 0.15) is 89.2 Å². The van der Waals surface area contributed by atoms with Crippen molar-refractivity contribution < 1.29 is 33.6 Å². The third kappa shape index (κ3) is 11.0. The number of carboxylic acid groups (broad SMARTS) is 1. The number of hydrogen-bond acceptors (Lipinski definition) is 6. The van der Waals surface area contributed by atoms with E-state index < -0.39 is 11.4 Å². The van der Waals surface area contributed by atoms with Crippen molar-refractivity contribution in [3.63, 3.8) is 0 Å². The van der Waals surface area contributed by atoms with Crippen molar-refractivity contribution in [2.45, 2.75) is 97.2 Å². The van der Waals surface area contributed by atoms with Crippen molar-refractivity contribution in [1.82, 2.24) is 0 Å². The molecule has 0 amide bonds. The summed E-state index contributed by atoms with van der Waals surface area (Å²) in [4.78, 5) is 23.1. The Bertz CT molecular complexity index is 769. The number of carbonyl (C=O) groups is 2. The standard InChI is InChI=1S/C28H44O7/c1-28(2,27(31)32-3)18-11-21-33-24-14-10-13-22(23(24)16-17-25(29)30)12-6-4-5-8-19-34-26-15-7-9-20-35-26/h10,13-14,26H,4-9,11-12,15-21H2,1-3H3,(H,29,30). The summed E-state index contributed by atoms with van der Waals surface area (Å²) < 4.78 is 22.3. The van der Waals surface area contributed by atoms with Crippen LogP contribution in [0, 0.1) is 5.41 Å². The molecule has 7 nitrogen and oxygen atoms in total. The molecular formula is C28H44O7. The maximum absolute atomic E-state index is 11.9. The van der Waals surface area contributed by atoms with Crippen LogP contribution in [0.25, 0.3) is 0 Å². The number of unbranched alkanes of at least 4 members (excludes halogenated alkanes) is 3. The average Bonchev–Trinajstić information content (AvgIpc) is 2.85. The van der Waals surface area contributed by atoms with Gasteiger partial charge < -0.3 is 24.1 Å². The molecule has 0 aliphatic carbocycles. The van der Waals surface area contributed by atoms with Gasteiger partial charge in [0.2, 0.25) is 0 Å². The van der Waals surface area contributed by atoms with Crippen molar-refractivity contribution in [2.24, 2.45) is 5.41 Å². The van der Waals surface area contributed by atoms with E-state index in [9.17, 15) is 14.7 Å². The van der Waals surface area contributed by atoms with Gasteiger partial charge in [0, 0.05) is 19.6 Å². The second-order valence-electron chi connectivity index (χ2n) is 9.95. The van der Waals surface area contributed by atoms with Crippen molar-refractivity contribution in [1.29, 1.82) is 0 Å². The lowest BCUT2D eigenvalue weighted by molar-refractivity contribution is -0.162. The van der Waals surface area contributed by atoms with E-state index in [1.165, 1.54) is 13.5 Å². The van der Waals surface area contributed by atoms with E-state index >= 15 is 0 Å². The molecular weight excluding hydrogens is 448 g/mol. The smallest absolute Gasteiger partial charge is 0.311 e. The Kier molecular flexibility index (Phi) is 13.1. The zero-order valence-corrected chi connectivity index (χ0v) is 21.8. The predicted molar refractivity (Wildman–Crippen MR) is 135 cm³/mol. The summed E-state index contributed by atoms with van der Waals surface area (Å²) in [6, 6.07) is 5.97. The topological polar surface area (TPSA) is 91.3 Å². The number of carboxylic acids is 1. The predicted octanol–water partition coefficient (Wildman–Crippen LogP) is 5.71. The van der Waals surface area contributed by atoms with Crippen molar-refractivity contribution in [3.05, 3.63) is 29.3 Å². The van der Waals surface area contributed by atoms with Crippen molar-refractivity contribution >= 4 is 11.9 Å². The molecule has 1 aliphatic heterocycles. The average molecular weight is 493 g/mol. The minimum Gasteiger partial charge on any atom is -0.493 e. The van der Waals surface area contributed by atoms with Gasteiger partial charge in [-0.3, -0.25) is 9.59 Å². The Labute approximate surface area is 210 Å². The Balaban J connectivity index is 1.80. The van der Waals surface area contributed by atoms with E-state index in [1.54, 1.807) is 0 Å². The number of aryl methyl sites for hydroxylation is 1. The van der Waals surface area contributed by atoms with Crippen LogP contribution < -0.4 is 4.74 Å². The lowest BCUT2D eigenvalue weighted by atomic mass is 9.88. The van der Waals surface area contributed by atoms with Gasteiger partial charge in [-0.05, 0) is 88.8 Å². The van der Waals surface area contributed by atoms with E-state index in [0.29, 0.717) is 25.9 Å². The highest BCUT2D eigenvalue weighted by atomic mass is 16.7. The first kappa shape index (κ1) is 29.1. The first-order chi connectivity index (χ1) is 16.8. The summed E-state index contributed by atoms with van der Waals surface area (Å²) in [5.74, 6) is -0.288. The molecule has 1 unspecified atom stereocenters. The van der Waals surface area contributed by atoms with Gasteiger partial charge in [0.25, 0.3) is 0 Å². The second kappa shape index (κ2) is 15.8. The molecule has 0 radical (unpaired) electrons. The van der Waals surface area contributed by atoms with Gasteiger partial charge in [0.15, 0.2) is 6.29 Å². The molecule has 2 rings (SSSR count). The third-order valence-electron chi connectivity index (χ3n) is 6.54. The fourth-order valence-corrected chi connectivity index (χ4v) is 4.40. The normalized spacial score (nSPS) is 16.1. The number of benzene rings is 1. The van der Waals surface area contributed by atoms with Crippen LogP contribution in [0.2, 0.25) is 0 Å². The van der Waals surface area contributed by atoms with E-state index in [-0.39, 0.29) is 18.7 Å². The van der Waals surface area contributed by atoms with Gasteiger partial charge in [0.05, 0.1) is 19.1 Å². The van der Waals surface area contributed by atoms with Gasteiger partial charge >= 0.3 is 11.9 Å². The maximum Gasteiger partial charge on any atom is 0.311 e. The van der Waals surface area contributed by atoms with E-state index in [0.717, 1.165) is 75.0 Å². The van der Waals surface area contributed by atoms with Gasteiger partial charge in [-0.25, -0.2) is 0 Å². The first-order valence-corrected chi connectivity index (χ1v) is 13.1. The highest BCUT2D eigenvalue weighted by Gasteiger charge is 2.28. The van der Waals surface area contributed by atoms with E-state index in [2.05, 4.69) is 6.07 Å². The Morgan fingerprint density at radius 2 is 1.86 bits per heavy atom. The SMILES string of the molecule is COC(=O)C(C)(C)CCCOc1cccc(CCCCCCOC2CCCCO2)c1CCC(=O)O. The molecule has 1 aromatic carbocycles. The maximum atomic E-state index is 11.9. The molecule has 0 bridgehead atoms. The summed E-state index contributed by atoms with van der Waals surface area (Å²) in [6.45, 7) is 5.75. The van der Waals surface area contributed by atoms with Crippen LogP contribution in [0.4, 0.5) is 0 Å². The highest BCUT2D eigenvalue weighted by Crippen LogP contribution is 2.28. The minimum absolute atomic E-state index is 0.0187. The number of esters is 1. The van der Waals surface area contributed by atoms with Crippen LogP contribution in [-0.2, 0) is 36.6 Å².